The molecule has 1 aliphatic heterocycles. The van der Waals surface area contributed by atoms with E-state index in [1.165, 1.54) is 31.2 Å². The van der Waals surface area contributed by atoms with Crippen molar-refractivity contribution in [1.82, 2.24) is 5.32 Å². The van der Waals surface area contributed by atoms with E-state index < -0.39 is 5.97 Å². The second kappa shape index (κ2) is 6.75. The Morgan fingerprint density at radius 1 is 1.00 bits per heavy atom. The van der Waals surface area contributed by atoms with Crippen molar-refractivity contribution in [3.8, 4) is 11.1 Å². The summed E-state index contributed by atoms with van der Waals surface area (Å²) in [6.45, 7) is 1.08. The molecule has 0 bridgehead atoms. The minimum absolute atomic E-state index is 0.350. The van der Waals surface area contributed by atoms with Gasteiger partial charge in [0.05, 0.1) is 5.56 Å². The van der Waals surface area contributed by atoms with E-state index in [4.69, 9.17) is 0 Å². The van der Waals surface area contributed by atoms with Crippen molar-refractivity contribution in [3.63, 3.8) is 0 Å². The second-order valence-electron chi connectivity index (χ2n) is 5.83. The summed E-state index contributed by atoms with van der Waals surface area (Å²) in [4.78, 5) is 11.3. The number of nitrogens with one attached hydrogen (secondary N) is 1. The minimum atomic E-state index is -0.884. The Bertz CT molecular complexity index is 641. The second-order valence-corrected chi connectivity index (χ2v) is 5.83. The highest BCUT2D eigenvalue weighted by Gasteiger charge is 2.15. The van der Waals surface area contributed by atoms with Crippen LogP contribution in [0.5, 0.6) is 0 Å². The maximum atomic E-state index is 11.3. The maximum absolute atomic E-state index is 11.3. The monoisotopic (exact) mass is 295 g/mol. The zero-order valence-corrected chi connectivity index (χ0v) is 12.6. The van der Waals surface area contributed by atoms with Crippen LogP contribution in [0.2, 0.25) is 0 Å². The first-order valence-electron chi connectivity index (χ1n) is 7.92. The van der Waals surface area contributed by atoms with Crippen molar-refractivity contribution < 1.29 is 9.90 Å². The van der Waals surface area contributed by atoms with Gasteiger partial charge in [0.1, 0.15) is 0 Å². The van der Waals surface area contributed by atoms with Gasteiger partial charge in [0.25, 0.3) is 0 Å². The fraction of sp³-hybridized carbons (Fsp3) is 0.316. The number of hydrogen-bond donors (Lipinski definition) is 2. The molecule has 3 nitrogen and oxygen atoms in total. The van der Waals surface area contributed by atoms with Gasteiger partial charge in [0.15, 0.2) is 0 Å². The molecule has 0 aliphatic carbocycles. The molecular formula is C19H21NO2. The molecule has 1 fully saturated rings. The summed E-state index contributed by atoms with van der Waals surface area (Å²) in [5.41, 5.74) is 3.37. The van der Waals surface area contributed by atoms with Gasteiger partial charge in [-0.25, -0.2) is 4.79 Å². The molecule has 2 aromatic rings. The summed E-state index contributed by atoms with van der Waals surface area (Å²) >= 11 is 0. The smallest absolute Gasteiger partial charge is 0.336 e. The molecule has 0 saturated carbocycles. The van der Waals surface area contributed by atoms with Crippen molar-refractivity contribution in [1.29, 1.82) is 0 Å². The van der Waals surface area contributed by atoms with Crippen LogP contribution in [0.4, 0.5) is 0 Å². The van der Waals surface area contributed by atoms with Gasteiger partial charge in [-0.1, -0.05) is 55.3 Å². The number of carboxylic acids is 1. The van der Waals surface area contributed by atoms with E-state index in [1.54, 1.807) is 12.1 Å². The molecule has 22 heavy (non-hydrogen) atoms. The van der Waals surface area contributed by atoms with Crippen molar-refractivity contribution in [3.05, 3.63) is 59.7 Å². The lowest BCUT2D eigenvalue weighted by molar-refractivity contribution is 0.0697. The van der Waals surface area contributed by atoms with Crippen LogP contribution in [0.3, 0.4) is 0 Å². The van der Waals surface area contributed by atoms with E-state index in [-0.39, 0.29) is 0 Å². The van der Waals surface area contributed by atoms with Crippen molar-refractivity contribution in [2.45, 2.75) is 31.7 Å². The summed E-state index contributed by atoms with van der Waals surface area (Å²) in [6.07, 6.45) is 4.99. The molecule has 0 amide bonds. The highest BCUT2D eigenvalue weighted by Crippen LogP contribution is 2.27. The lowest BCUT2D eigenvalue weighted by atomic mass is 9.96. The minimum Gasteiger partial charge on any atom is -0.478 e. The molecular weight excluding hydrogens is 274 g/mol. The molecule has 114 valence electrons. The molecule has 0 unspecified atom stereocenters. The standard InChI is InChI=1S/C19H21NO2/c21-19(22)17-7-4-3-6-16(17)14-9-11-15(12-10-14)18-8-2-1-5-13-20-18/h3-4,6-7,9-12,18,20H,1-2,5,8,13H2,(H,21,22)/t18-/m0/s1. The van der Waals surface area contributed by atoms with Gasteiger partial charge in [-0.05, 0) is 42.1 Å². The third-order valence-corrected chi connectivity index (χ3v) is 4.34. The average Bonchev–Trinajstić information content (AvgIpc) is 2.84. The molecule has 1 saturated heterocycles. The Balaban J connectivity index is 1.87. The van der Waals surface area contributed by atoms with Crippen LogP contribution < -0.4 is 5.32 Å². The number of hydrogen-bond acceptors (Lipinski definition) is 2. The zero-order valence-electron chi connectivity index (χ0n) is 12.6. The third-order valence-electron chi connectivity index (χ3n) is 4.34. The zero-order chi connectivity index (χ0) is 15.4. The van der Waals surface area contributed by atoms with Crippen LogP contribution in [-0.2, 0) is 0 Å². The van der Waals surface area contributed by atoms with Crippen LogP contribution >= 0.6 is 0 Å². The molecule has 2 N–H and O–H groups in total. The quantitative estimate of drug-likeness (QED) is 0.889. The van der Waals surface area contributed by atoms with E-state index in [9.17, 15) is 9.90 Å². The Hall–Kier alpha value is -2.13. The lowest BCUT2D eigenvalue weighted by Gasteiger charge is -2.17. The van der Waals surface area contributed by atoms with Gasteiger partial charge < -0.3 is 10.4 Å². The summed E-state index contributed by atoms with van der Waals surface area (Å²) in [5, 5.41) is 12.9. The molecule has 1 heterocycles. The highest BCUT2D eigenvalue weighted by atomic mass is 16.4. The fourth-order valence-corrected chi connectivity index (χ4v) is 3.13. The molecule has 1 aliphatic rings. The SMILES string of the molecule is O=C(O)c1ccccc1-c1ccc([C@@H]2CCCCCN2)cc1. The first-order chi connectivity index (χ1) is 10.8. The van der Waals surface area contributed by atoms with Gasteiger partial charge in [-0.15, -0.1) is 0 Å². The summed E-state index contributed by atoms with van der Waals surface area (Å²) in [5.74, 6) is -0.884. The molecule has 2 aromatic carbocycles. The largest absolute Gasteiger partial charge is 0.478 e. The predicted molar refractivity (Wildman–Crippen MR) is 88.0 cm³/mol. The van der Waals surface area contributed by atoms with Crippen molar-refractivity contribution in [2.24, 2.45) is 0 Å². The van der Waals surface area contributed by atoms with Crippen LogP contribution in [0.25, 0.3) is 11.1 Å². The fourth-order valence-electron chi connectivity index (χ4n) is 3.13. The molecule has 3 heteroatoms. The topological polar surface area (TPSA) is 49.3 Å². The summed E-state index contributed by atoms with van der Waals surface area (Å²) in [7, 11) is 0. The predicted octanol–water partition coefficient (Wildman–Crippen LogP) is 4.26. The summed E-state index contributed by atoms with van der Waals surface area (Å²) in [6, 6.07) is 15.9. The van der Waals surface area contributed by atoms with Crippen LogP contribution in [0.15, 0.2) is 48.5 Å². The van der Waals surface area contributed by atoms with Gasteiger partial charge in [0, 0.05) is 6.04 Å². The van der Waals surface area contributed by atoms with Gasteiger partial charge >= 0.3 is 5.97 Å². The molecule has 1 atom stereocenters. The first kappa shape index (κ1) is 14.8. The van der Waals surface area contributed by atoms with E-state index in [0.29, 0.717) is 11.6 Å². The van der Waals surface area contributed by atoms with Crippen LogP contribution in [-0.4, -0.2) is 17.6 Å². The number of carbonyl (C=O) groups is 1. The molecule has 0 aromatic heterocycles. The maximum Gasteiger partial charge on any atom is 0.336 e. The Morgan fingerprint density at radius 2 is 1.77 bits per heavy atom. The van der Waals surface area contributed by atoms with Crippen LogP contribution in [0.1, 0.15) is 47.6 Å². The Labute approximate surface area is 131 Å². The van der Waals surface area contributed by atoms with E-state index in [1.807, 2.05) is 24.3 Å². The van der Waals surface area contributed by atoms with Gasteiger partial charge in [-0.2, -0.15) is 0 Å². The number of carboxylic acid groups (broad SMARTS) is 1. The van der Waals surface area contributed by atoms with Gasteiger partial charge in [-0.3, -0.25) is 0 Å². The first-order valence-corrected chi connectivity index (χ1v) is 7.92. The molecule has 3 rings (SSSR count). The van der Waals surface area contributed by atoms with E-state index in [2.05, 4.69) is 17.4 Å². The van der Waals surface area contributed by atoms with Gasteiger partial charge in [0.2, 0.25) is 0 Å². The van der Waals surface area contributed by atoms with Crippen molar-refractivity contribution >= 4 is 5.97 Å². The third kappa shape index (κ3) is 3.20. The highest BCUT2D eigenvalue weighted by molar-refractivity contribution is 5.95. The number of benzene rings is 2. The van der Waals surface area contributed by atoms with E-state index in [0.717, 1.165) is 17.7 Å². The Kier molecular flexibility index (Phi) is 4.54. The molecule has 0 radical (unpaired) electrons. The number of rotatable bonds is 3. The summed E-state index contributed by atoms with van der Waals surface area (Å²) < 4.78 is 0. The van der Waals surface area contributed by atoms with Crippen LogP contribution in [0, 0.1) is 0 Å². The average molecular weight is 295 g/mol. The molecule has 0 spiro atoms. The lowest BCUT2D eigenvalue weighted by Crippen LogP contribution is -2.20. The number of aromatic carboxylic acids is 1. The van der Waals surface area contributed by atoms with E-state index >= 15 is 0 Å². The van der Waals surface area contributed by atoms with Crippen molar-refractivity contribution in [2.75, 3.05) is 6.54 Å². The Morgan fingerprint density at radius 3 is 2.55 bits per heavy atom. The normalized spacial score (nSPS) is 18.6.